The number of hydrogen-bond donors (Lipinski definition) is 2. The van der Waals surface area contributed by atoms with Crippen molar-refractivity contribution in [1.82, 2.24) is 29.5 Å². The molecule has 0 bridgehead atoms. The molecule has 6 rings (SSSR count). The number of ether oxygens (including phenoxy) is 1. The summed E-state index contributed by atoms with van der Waals surface area (Å²) in [6.07, 6.45) is -0.738. The number of nitrogens with one attached hydrogen (secondary N) is 2. The molecule has 0 aliphatic carbocycles. The highest BCUT2D eigenvalue weighted by atomic mass is 19.4. The van der Waals surface area contributed by atoms with E-state index in [1.54, 1.807) is 0 Å². The number of hydrogen-bond acceptors (Lipinski definition) is 8. The zero-order valence-corrected chi connectivity index (χ0v) is 27.6. The number of benzene rings is 3. The Labute approximate surface area is 290 Å². The Balaban J connectivity index is 1.07. The summed E-state index contributed by atoms with van der Waals surface area (Å²) in [5.41, 5.74) is -0.469. The van der Waals surface area contributed by atoms with E-state index in [4.69, 9.17) is 4.74 Å². The molecule has 5 aromatic rings. The maximum atomic E-state index is 15.1. The Bertz CT molecular complexity index is 1960. The van der Waals surface area contributed by atoms with Gasteiger partial charge in [-0.15, -0.1) is 0 Å². The van der Waals surface area contributed by atoms with E-state index in [0.717, 1.165) is 93.5 Å². The molecule has 10 nitrogen and oxygen atoms in total. The summed E-state index contributed by atoms with van der Waals surface area (Å²) in [5.74, 6) is -2.71. The number of rotatable bonds is 12. The van der Waals surface area contributed by atoms with Crippen molar-refractivity contribution in [3.63, 3.8) is 0 Å². The van der Waals surface area contributed by atoms with Gasteiger partial charge in [0.25, 0.3) is 5.91 Å². The van der Waals surface area contributed by atoms with Crippen LogP contribution >= 0.6 is 0 Å². The second kappa shape index (κ2) is 15.6. The zero-order valence-electron chi connectivity index (χ0n) is 27.6. The quantitative estimate of drug-likeness (QED) is 0.130. The van der Waals surface area contributed by atoms with Crippen LogP contribution in [0.15, 0.2) is 85.2 Å². The first-order valence-electron chi connectivity index (χ1n) is 16.4. The highest BCUT2D eigenvalue weighted by molar-refractivity contribution is 6.05. The Kier molecular flexibility index (Phi) is 10.9. The van der Waals surface area contributed by atoms with Crippen molar-refractivity contribution in [2.24, 2.45) is 0 Å². The van der Waals surface area contributed by atoms with Crippen LogP contribution in [-0.2, 0) is 12.6 Å². The molecule has 1 amide bonds. The Morgan fingerprint density at radius 3 is 2.35 bits per heavy atom. The summed E-state index contributed by atoms with van der Waals surface area (Å²) in [4.78, 5) is 26.4. The summed E-state index contributed by atoms with van der Waals surface area (Å²) in [7, 11) is 0. The van der Waals surface area contributed by atoms with Crippen LogP contribution < -0.4 is 15.4 Å². The Morgan fingerprint density at radius 1 is 0.902 bits per heavy atom. The molecule has 3 heterocycles. The van der Waals surface area contributed by atoms with Crippen LogP contribution in [0.1, 0.15) is 35.0 Å². The van der Waals surface area contributed by atoms with Crippen LogP contribution in [0.5, 0.6) is 11.6 Å². The maximum absolute atomic E-state index is 15.1. The highest BCUT2D eigenvalue weighted by Gasteiger charge is 2.40. The number of aromatic nitrogens is 4. The van der Waals surface area contributed by atoms with E-state index >= 15 is 4.39 Å². The molecule has 1 fully saturated rings. The molecule has 1 saturated heterocycles. The van der Waals surface area contributed by atoms with Crippen molar-refractivity contribution in [3.05, 3.63) is 114 Å². The molecule has 0 atom stereocenters. The maximum Gasteiger partial charge on any atom is 0.434 e. The molecule has 2 N–H and O–H groups in total. The lowest BCUT2D eigenvalue weighted by atomic mass is 10.1. The Hall–Kier alpha value is -5.41. The third kappa shape index (κ3) is 9.04. The van der Waals surface area contributed by atoms with Gasteiger partial charge in [0.1, 0.15) is 5.82 Å². The van der Waals surface area contributed by atoms with Gasteiger partial charge in [0, 0.05) is 62.4 Å². The second-order valence-corrected chi connectivity index (χ2v) is 12.0. The molecule has 0 spiro atoms. The van der Waals surface area contributed by atoms with E-state index in [0.29, 0.717) is 4.68 Å². The molecule has 3 aromatic carbocycles. The fourth-order valence-corrected chi connectivity index (χ4v) is 5.77. The fourth-order valence-electron chi connectivity index (χ4n) is 5.77. The van der Waals surface area contributed by atoms with Crippen LogP contribution in [-0.4, -0.2) is 74.7 Å². The topological polar surface area (TPSA) is 100 Å². The number of carbonyl (C=O) groups excluding carboxylic acids is 1. The first-order valence-corrected chi connectivity index (χ1v) is 16.4. The van der Waals surface area contributed by atoms with Crippen molar-refractivity contribution in [1.29, 1.82) is 0 Å². The summed E-state index contributed by atoms with van der Waals surface area (Å²) in [6, 6.07) is 16.9. The van der Waals surface area contributed by atoms with E-state index in [9.17, 15) is 22.4 Å². The average Bonchev–Trinajstić information content (AvgIpc) is 3.57. The number of nitrogens with zero attached hydrogens (tertiary/aromatic N) is 6. The number of alkyl halides is 3. The summed E-state index contributed by atoms with van der Waals surface area (Å²) in [5, 5.41) is 9.11. The van der Waals surface area contributed by atoms with Gasteiger partial charge in [0.05, 0.1) is 17.4 Å². The lowest BCUT2D eigenvalue weighted by Gasteiger charge is -2.34. The third-order valence-electron chi connectivity index (χ3n) is 8.29. The first-order chi connectivity index (χ1) is 24.6. The van der Waals surface area contributed by atoms with Crippen molar-refractivity contribution in [2.45, 2.75) is 25.9 Å². The summed E-state index contributed by atoms with van der Waals surface area (Å²) in [6.45, 7) is 8.62. The normalized spacial score (nSPS) is 14.0. The van der Waals surface area contributed by atoms with Crippen molar-refractivity contribution in [2.75, 3.05) is 49.9 Å². The van der Waals surface area contributed by atoms with Gasteiger partial charge in [-0.3, -0.25) is 4.79 Å². The first kappa shape index (κ1) is 35.4. The van der Waals surface area contributed by atoms with Crippen LogP contribution in [0, 0.1) is 11.6 Å². The van der Waals surface area contributed by atoms with Gasteiger partial charge in [-0.25, -0.2) is 18.4 Å². The minimum Gasteiger partial charge on any atom is -0.436 e. The number of anilines is 3. The van der Waals surface area contributed by atoms with E-state index in [-0.39, 0.29) is 29.0 Å². The molecular formula is C36H35F5N8O2. The second-order valence-electron chi connectivity index (χ2n) is 12.0. The lowest BCUT2D eigenvalue weighted by Crippen LogP contribution is -2.46. The van der Waals surface area contributed by atoms with Crippen molar-refractivity contribution in [3.8, 4) is 17.3 Å². The molecule has 2 aromatic heterocycles. The molecule has 1 aliphatic rings. The standard InChI is InChI=1S/C36H35F5N8O2/c1-2-15-47-17-19-48(20-18-47)16-13-24-4-3-5-26(21-24)45-35-42-14-12-32(46-35)51-31-11-8-27(22-30(31)38)44-34(50)29-23-43-49(33(29)36(39,40)41)28-9-6-25(37)7-10-28/h3-12,14,21-23H,2,13,15-20H2,1H3,(H,44,50)(H,42,45,46). The van der Waals surface area contributed by atoms with Gasteiger partial charge in [0.15, 0.2) is 17.3 Å². The van der Waals surface area contributed by atoms with Gasteiger partial charge < -0.3 is 25.2 Å². The van der Waals surface area contributed by atoms with Crippen molar-refractivity contribution >= 4 is 23.2 Å². The van der Waals surface area contributed by atoms with Crippen LogP contribution in [0.4, 0.5) is 39.3 Å². The van der Waals surface area contributed by atoms with Crippen LogP contribution in [0.2, 0.25) is 0 Å². The van der Waals surface area contributed by atoms with Gasteiger partial charge in [0.2, 0.25) is 11.8 Å². The fraction of sp³-hybridized carbons (Fsp3) is 0.278. The van der Waals surface area contributed by atoms with E-state index in [1.807, 2.05) is 18.2 Å². The largest absolute Gasteiger partial charge is 0.436 e. The van der Waals surface area contributed by atoms with Crippen LogP contribution in [0.3, 0.4) is 0 Å². The van der Waals surface area contributed by atoms with E-state index in [1.165, 1.54) is 30.8 Å². The van der Waals surface area contributed by atoms with Gasteiger partial charge in [-0.05, 0) is 73.5 Å². The highest BCUT2D eigenvalue weighted by Crippen LogP contribution is 2.34. The summed E-state index contributed by atoms with van der Waals surface area (Å²) >= 11 is 0. The smallest absolute Gasteiger partial charge is 0.434 e. The van der Waals surface area contributed by atoms with Gasteiger partial charge >= 0.3 is 6.18 Å². The van der Waals surface area contributed by atoms with E-state index in [2.05, 4.69) is 48.5 Å². The summed E-state index contributed by atoms with van der Waals surface area (Å²) < 4.78 is 76.6. The Morgan fingerprint density at radius 2 is 1.65 bits per heavy atom. The molecule has 0 radical (unpaired) electrons. The zero-order chi connectivity index (χ0) is 36.0. The molecular weight excluding hydrogens is 671 g/mol. The number of carbonyl (C=O) groups is 1. The average molecular weight is 707 g/mol. The lowest BCUT2D eigenvalue weighted by molar-refractivity contribution is -0.143. The van der Waals surface area contributed by atoms with Crippen LogP contribution in [0.25, 0.3) is 5.69 Å². The molecule has 15 heteroatoms. The number of halogens is 5. The van der Waals surface area contributed by atoms with Crippen molar-refractivity contribution < 1.29 is 31.5 Å². The van der Waals surface area contributed by atoms with Gasteiger partial charge in [-0.2, -0.15) is 23.3 Å². The molecule has 1 aliphatic heterocycles. The molecule has 266 valence electrons. The minimum atomic E-state index is -4.99. The molecule has 51 heavy (non-hydrogen) atoms. The molecule has 0 saturated carbocycles. The molecule has 0 unspecified atom stereocenters. The number of amides is 1. The predicted octanol–water partition coefficient (Wildman–Crippen LogP) is 7.32. The van der Waals surface area contributed by atoms with E-state index < -0.39 is 35.0 Å². The third-order valence-corrected chi connectivity index (χ3v) is 8.29. The minimum absolute atomic E-state index is 0.0320. The SMILES string of the molecule is CCCN1CCN(CCc2cccc(Nc3nccc(Oc4ccc(NC(=O)c5cnn(-c6ccc(F)cc6)c5C(F)(F)F)cc4F)n3)c2)CC1. The predicted molar refractivity (Wildman–Crippen MR) is 182 cm³/mol. The monoisotopic (exact) mass is 706 g/mol. The number of piperazine rings is 1. The van der Waals surface area contributed by atoms with Gasteiger partial charge in [-0.1, -0.05) is 19.1 Å².